The van der Waals surface area contributed by atoms with Crippen molar-refractivity contribution < 1.29 is 93.0 Å². The van der Waals surface area contributed by atoms with Crippen molar-refractivity contribution in [3.8, 4) is 0 Å². The zero-order valence-corrected chi connectivity index (χ0v) is 7.88. The first-order valence-electron chi connectivity index (χ1n) is 0. The fourth-order valence-corrected chi connectivity index (χ4v) is 0. The summed E-state index contributed by atoms with van der Waals surface area (Å²) in [5.74, 6) is 0. The van der Waals surface area contributed by atoms with Crippen molar-refractivity contribution in [1.29, 1.82) is 0 Å². The molecule has 0 spiro atoms. The summed E-state index contributed by atoms with van der Waals surface area (Å²) in [7, 11) is 0. The van der Waals surface area contributed by atoms with E-state index >= 15 is 0 Å². The quantitative estimate of drug-likeness (QED) is 0.416. The van der Waals surface area contributed by atoms with Gasteiger partial charge in [-0.3, -0.25) is 0 Å². The second-order valence-corrected chi connectivity index (χ2v) is 0. The first kappa shape index (κ1) is 45.3. The van der Waals surface area contributed by atoms with Crippen molar-refractivity contribution in [2.45, 2.75) is 0 Å². The summed E-state index contributed by atoms with van der Waals surface area (Å²) in [5.41, 5.74) is 0. The Morgan fingerprint density at radius 3 is 1.20 bits per heavy atom. The Balaban J connectivity index is 0. The summed E-state index contributed by atoms with van der Waals surface area (Å²) < 4.78 is 0. The van der Waals surface area contributed by atoms with Crippen molar-refractivity contribution in [2.24, 2.45) is 0 Å². The SMILES string of the molecule is [Co].[H-].[Li+].[Mn].[Nb].[Ni]. The maximum Gasteiger partial charge on any atom is 1.00 e. The van der Waals surface area contributed by atoms with Gasteiger partial charge in [-0.1, -0.05) is 0 Å². The van der Waals surface area contributed by atoms with Gasteiger partial charge in [0.15, 0.2) is 0 Å². The first-order valence-corrected chi connectivity index (χ1v) is 0. The van der Waals surface area contributed by atoms with Crippen LogP contribution in [-0.2, 0) is 72.7 Å². The monoisotopic (exact) mass is 273 g/mol. The minimum Gasteiger partial charge on any atom is -1.00 e. The standard InChI is InChI=1S/Co.Li.Mn.Nb.Ni.H/q;+1;;;;-1. The van der Waals surface area contributed by atoms with Gasteiger partial charge in [-0.15, -0.1) is 0 Å². The van der Waals surface area contributed by atoms with Crippen LogP contribution in [0.25, 0.3) is 0 Å². The van der Waals surface area contributed by atoms with Gasteiger partial charge in [-0.25, -0.2) is 0 Å². The molecule has 0 aromatic heterocycles. The fraction of sp³-hybridized carbons (Fsp3) is 0. The molecule has 3 radical (unpaired) electrons. The maximum absolute atomic E-state index is 0. The second-order valence-electron chi connectivity index (χ2n) is 0. The van der Waals surface area contributed by atoms with Gasteiger partial charge in [0.25, 0.3) is 0 Å². The van der Waals surface area contributed by atoms with Crippen LogP contribution in [0.15, 0.2) is 0 Å². The summed E-state index contributed by atoms with van der Waals surface area (Å²) in [6.45, 7) is 0. The van der Waals surface area contributed by atoms with E-state index in [9.17, 15) is 0 Å². The van der Waals surface area contributed by atoms with Crippen molar-refractivity contribution in [3.63, 3.8) is 0 Å². The molecule has 0 heterocycles. The minimum atomic E-state index is 0. The molecule has 0 fully saturated rings. The summed E-state index contributed by atoms with van der Waals surface area (Å²) in [5, 5.41) is 0. The second kappa shape index (κ2) is 28.8. The molecule has 0 aromatic rings. The largest absolute Gasteiger partial charge is 1.00 e. The fourth-order valence-electron chi connectivity index (χ4n) is 0. The number of rotatable bonds is 0. The number of hydrogen-bond acceptors (Lipinski definition) is 0. The maximum atomic E-state index is 0. The van der Waals surface area contributed by atoms with E-state index in [0.717, 1.165) is 0 Å². The van der Waals surface area contributed by atoms with Gasteiger partial charge in [0.05, 0.1) is 0 Å². The molecule has 5 heteroatoms. The average Bonchev–Trinajstić information content (AvgIpc) is 0. The molecule has 0 amide bonds. The summed E-state index contributed by atoms with van der Waals surface area (Å²) in [6, 6.07) is 0. The van der Waals surface area contributed by atoms with Gasteiger partial charge in [-0.05, 0) is 0 Å². The molecule has 0 aliphatic heterocycles. The molecule has 0 aliphatic rings. The van der Waals surface area contributed by atoms with Crippen molar-refractivity contribution in [2.75, 3.05) is 0 Å². The molecular weight excluding hydrogens is 272 g/mol. The van der Waals surface area contributed by atoms with Gasteiger partial charge in [0.2, 0.25) is 0 Å². The Labute approximate surface area is 91.7 Å². The van der Waals surface area contributed by atoms with Crippen LogP contribution in [0.5, 0.6) is 0 Å². The topological polar surface area (TPSA) is 0 Å². The van der Waals surface area contributed by atoms with Gasteiger partial charge in [-0.2, -0.15) is 0 Å². The van der Waals surface area contributed by atoms with Crippen LogP contribution >= 0.6 is 0 Å². The van der Waals surface area contributed by atoms with E-state index < -0.39 is 0 Å². The normalized spacial score (nSPS) is 0. The Hall–Kier alpha value is 2.86. The molecule has 0 N–H and O–H groups in total. The molecule has 0 unspecified atom stereocenters. The molecule has 0 aliphatic carbocycles. The molecule has 0 saturated heterocycles. The average molecular weight is 273 g/mol. The molecule has 0 nitrogen and oxygen atoms in total. The van der Waals surface area contributed by atoms with Crippen LogP contribution in [0.2, 0.25) is 0 Å². The van der Waals surface area contributed by atoms with Crippen LogP contribution in [0.1, 0.15) is 1.43 Å². The van der Waals surface area contributed by atoms with Gasteiger partial charge in [0.1, 0.15) is 0 Å². The minimum absolute atomic E-state index is 0. The van der Waals surface area contributed by atoms with E-state index in [1.54, 1.807) is 0 Å². The molecule has 33 valence electrons. The van der Waals surface area contributed by atoms with Gasteiger partial charge >= 0.3 is 18.9 Å². The van der Waals surface area contributed by atoms with Crippen molar-refractivity contribution in [1.82, 2.24) is 0 Å². The smallest absolute Gasteiger partial charge is 1.00 e. The Morgan fingerprint density at radius 1 is 1.20 bits per heavy atom. The molecule has 0 saturated carbocycles. The Kier molecular flexibility index (Phi) is 261. The first-order chi connectivity index (χ1) is 0. The van der Waals surface area contributed by atoms with E-state index in [0.29, 0.717) is 0 Å². The molecule has 0 rings (SSSR count). The predicted octanol–water partition coefficient (Wildman–Crippen LogP) is -2.89. The summed E-state index contributed by atoms with van der Waals surface area (Å²) >= 11 is 0. The van der Waals surface area contributed by atoms with Crippen molar-refractivity contribution >= 4 is 0 Å². The van der Waals surface area contributed by atoms with E-state index in [-0.39, 0.29) is 93.0 Å². The van der Waals surface area contributed by atoms with Crippen LogP contribution < -0.4 is 18.9 Å². The van der Waals surface area contributed by atoms with Crippen LogP contribution in [0, 0.1) is 0 Å². The van der Waals surface area contributed by atoms with Crippen LogP contribution in [0.3, 0.4) is 0 Å². The molecule has 0 bridgehead atoms. The Morgan fingerprint density at radius 2 is 1.20 bits per heavy atom. The Bertz CT molecular complexity index is 15.5. The van der Waals surface area contributed by atoms with Crippen molar-refractivity contribution in [3.05, 3.63) is 0 Å². The third-order valence-corrected chi connectivity index (χ3v) is 0. The molecule has 0 atom stereocenters. The van der Waals surface area contributed by atoms with Gasteiger partial charge < -0.3 is 1.43 Å². The van der Waals surface area contributed by atoms with Crippen LogP contribution in [-0.4, -0.2) is 0 Å². The number of hydrogen-bond donors (Lipinski definition) is 0. The zero-order valence-electron chi connectivity index (χ0n) is 3.47. The third kappa shape index (κ3) is 19.8. The third-order valence-electron chi connectivity index (χ3n) is 0. The zero-order chi connectivity index (χ0) is 0. The summed E-state index contributed by atoms with van der Waals surface area (Å²) in [4.78, 5) is 0. The van der Waals surface area contributed by atoms with E-state index in [1.165, 1.54) is 0 Å². The molecular formula is HCoLiMnNbNi. The van der Waals surface area contributed by atoms with Gasteiger partial charge in [0, 0.05) is 72.7 Å². The van der Waals surface area contributed by atoms with Crippen LogP contribution in [0.4, 0.5) is 0 Å². The molecule has 5 heavy (non-hydrogen) atoms. The van der Waals surface area contributed by atoms with E-state index in [1.807, 2.05) is 0 Å². The summed E-state index contributed by atoms with van der Waals surface area (Å²) in [6.07, 6.45) is 0. The molecule has 0 aromatic carbocycles. The van der Waals surface area contributed by atoms with E-state index in [4.69, 9.17) is 0 Å². The predicted molar refractivity (Wildman–Crippen MR) is 1.11 cm³/mol. The van der Waals surface area contributed by atoms with E-state index in [2.05, 4.69) is 0 Å².